The monoisotopic (exact) mass is 771 g/mol. The number of anilines is 1. The summed E-state index contributed by atoms with van der Waals surface area (Å²) in [5.41, 5.74) is -1.08. The first-order chi connectivity index (χ1) is 26.3. The Labute approximate surface area is 316 Å². The van der Waals surface area contributed by atoms with Gasteiger partial charge in [-0.05, 0) is 62.2 Å². The Morgan fingerprint density at radius 2 is 1.64 bits per heavy atom. The van der Waals surface area contributed by atoms with Crippen molar-refractivity contribution in [2.24, 2.45) is 0 Å². The molecular formula is C38H35F2N7O7S. The van der Waals surface area contributed by atoms with Crippen LogP contribution in [0.15, 0.2) is 88.6 Å². The van der Waals surface area contributed by atoms with Gasteiger partial charge >= 0.3 is 17.9 Å². The zero-order valence-electron chi connectivity index (χ0n) is 30.1. The average Bonchev–Trinajstić information content (AvgIpc) is 3.53. The second kappa shape index (κ2) is 16.3. The van der Waals surface area contributed by atoms with Crippen LogP contribution in [0.3, 0.4) is 0 Å². The molecule has 2 aromatic carbocycles. The molecule has 0 aliphatic heterocycles. The second-order valence-corrected chi connectivity index (χ2v) is 14.0. The standard InChI is InChI=1S/C38H35F2N7O7S/c1-38(2,3)54-36(50)43-23-13-14-28(41-20-23)32-24(17-18-53-35(49)42-19-22-9-6-5-7-10-22)31-33(48)47(29-15-16-30(52-4)45-44-29)37(51)46(34(31)55-32)21-25-26(39)11-8-12-27(25)40/h5-16,20H,17-19,21H2,1-4H3,(H,42,49)(H,43,50). The van der Waals surface area contributed by atoms with Crippen LogP contribution in [0.2, 0.25) is 0 Å². The van der Waals surface area contributed by atoms with Gasteiger partial charge in [-0.2, -0.15) is 0 Å². The number of halogens is 2. The van der Waals surface area contributed by atoms with Crippen molar-refractivity contribution in [3.05, 3.63) is 128 Å². The molecule has 0 saturated carbocycles. The fraction of sp³-hybridized carbons (Fsp3) is 0.237. The fourth-order valence-corrected chi connectivity index (χ4v) is 6.84. The van der Waals surface area contributed by atoms with Crippen LogP contribution in [0, 0.1) is 11.6 Å². The van der Waals surface area contributed by atoms with Crippen molar-refractivity contribution < 1.29 is 32.6 Å². The van der Waals surface area contributed by atoms with Crippen molar-refractivity contribution in [2.75, 3.05) is 19.0 Å². The summed E-state index contributed by atoms with van der Waals surface area (Å²) in [5.74, 6) is -1.86. The summed E-state index contributed by atoms with van der Waals surface area (Å²) in [5, 5.41) is 13.2. The van der Waals surface area contributed by atoms with E-state index in [1.165, 1.54) is 31.5 Å². The Morgan fingerprint density at radius 1 is 0.891 bits per heavy atom. The molecule has 2 N–H and O–H groups in total. The number of pyridine rings is 1. The molecule has 0 atom stereocenters. The van der Waals surface area contributed by atoms with Crippen molar-refractivity contribution >= 4 is 39.4 Å². The zero-order chi connectivity index (χ0) is 39.3. The molecule has 284 valence electrons. The molecule has 0 aliphatic carbocycles. The number of thiophene rings is 1. The van der Waals surface area contributed by atoms with Crippen molar-refractivity contribution in [1.29, 1.82) is 0 Å². The zero-order valence-corrected chi connectivity index (χ0v) is 30.9. The first-order valence-electron chi connectivity index (χ1n) is 16.9. The van der Waals surface area contributed by atoms with Gasteiger partial charge in [-0.3, -0.25) is 19.7 Å². The maximum Gasteiger partial charge on any atom is 0.412 e. The topological polar surface area (TPSA) is 169 Å². The maximum atomic E-state index is 15.1. The van der Waals surface area contributed by atoms with Gasteiger partial charge in [0, 0.05) is 24.6 Å². The van der Waals surface area contributed by atoms with E-state index < -0.39 is 52.8 Å². The van der Waals surface area contributed by atoms with Crippen LogP contribution >= 0.6 is 11.3 Å². The third-order valence-electron chi connectivity index (χ3n) is 8.02. The van der Waals surface area contributed by atoms with Gasteiger partial charge in [0.1, 0.15) is 22.1 Å². The molecule has 55 heavy (non-hydrogen) atoms. The molecular weight excluding hydrogens is 737 g/mol. The van der Waals surface area contributed by atoms with Gasteiger partial charge in [-0.1, -0.05) is 36.4 Å². The lowest BCUT2D eigenvalue weighted by atomic mass is 10.1. The minimum atomic E-state index is -0.944. The Kier molecular flexibility index (Phi) is 11.3. The highest BCUT2D eigenvalue weighted by Crippen LogP contribution is 2.37. The Balaban J connectivity index is 1.47. The summed E-state index contributed by atoms with van der Waals surface area (Å²) in [7, 11) is 1.37. The first kappa shape index (κ1) is 38.2. The lowest BCUT2D eigenvalue weighted by Crippen LogP contribution is -2.39. The number of ether oxygens (including phenoxy) is 3. The summed E-state index contributed by atoms with van der Waals surface area (Å²) in [6, 6.07) is 18.4. The molecule has 4 aromatic heterocycles. The number of rotatable bonds is 11. The molecule has 0 fully saturated rings. The van der Waals surface area contributed by atoms with Gasteiger partial charge in [0.2, 0.25) is 5.88 Å². The minimum Gasteiger partial charge on any atom is -0.480 e. The SMILES string of the molecule is COc1ccc(-n2c(=O)c3c(CCOC(=O)NCc4ccccc4)c(-c4ccc(NC(=O)OC(C)(C)C)cn4)sc3n(Cc3c(F)cccc3F)c2=O)nn1. The van der Waals surface area contributed by atoms with Gasteiger partial charge in [0.25, 0.3) is 5.56 Å². The summed E-state index contributed by atoms with van der Waals surface area (Å²) in [6.45, 7) is 4.59. The van der Waals surface area contributed by atoms with Crippen LogP contribution in [-0.2, 0) is 29.0 Å². The number of hydrogen-bond donors (Lipinski definition) is 2. The number of fused-ring (bicyclic) bond motifs is 1. The number of nitrogens with one attached hydrogen (secondary N) is 2. The van der Waals surface area contributed by atoms with E-state index in [1.54, 1.807) is 32.9 Å². The number of carbonyl (C=O) groups excluding carboxylic acids is 2. The van der Waals surface area contributed by atoms with E-state index in [2.05, 4.69) is 25.8 Å². The number of nitrogens with zero attached hydrogens (tertiary/aromatic N) is 5. The minimum absolute atomic E-state index is 0.0000146. The molecule has 14 nitrogen and oxygen atoms in total. The van der Waals surface area contributed by atoms with E-state index in [4.69, 9.17) is 14.2 Å². The second-order valence-electron chi connectivity index (χ2n) is 13.0. The van der Waals surface area contributed by atoms with Gasteiger partial charge in [0.05, 0.1) is 48.1 Å². The van der Waals surface area contributed by atoms with Gasteiger partial charge in [-0.25, -0.2) is 27.7 Å². The molecule has 0 spiro atoms. The van der Waals surface area contributed by atoms with E-state index >= 15 is 8.78 Å². The van der Waals surface area contributed by atoms with E-state index in [0.29, 0.717) is 21.8 Å². The lowest BCUT2D eigenvalue weighted by molar-refractivity contribution is 0.0635. The Bertz CT molecular complexity index is 2440. The molecule has 4 heterocycles. The predicted molar refractivity (Wildman–Crippen MR) is 201 cm³/mol. The highest BCUT2D eigenvalue weighted by Gasteiger charge is 2.26. The molecule has 17 heteroatoms. The van der Waals surface area contributed by atoms with Gasteiger partial charge in [0.15, 0.2) is 5.82 Å². The third kappa shape index (κ3) is 8.84. The van der Waals surface area contributed by atoms with Gasteiger partial charge < -0.3 is 19.5 Å². The van der Waals surface area contributed by atoms with Crippen LogP contribution < -0.4 is 26.6 Å². The molecule has 6 aromatic rings. The molecule has 0 radical (unpaired) electrons. The summed E-state index contributed by atoms with van der Waals surface area (Å²) >= 11 is 0.985. The van der Waals surface area contributed by atoms with Crippen molar-refractivity contribution in [3.8, 4) is 22.3 Å². The smallest absolute Gasteiger partial charge is 0.412 e. The van der Waals surface area contributed by atoms with Crippen molar-refractivity contribution in [1.82, 2.24) is 29.6 Å². The number of alkyl carbamates (subject to hydrolysis) is 1. The number of amides is 2. The average molecular weight is 772 g/mol. The molecule has 0 unspecified atom stereocenters. The molecule has 0 aliphatic rings. The van der Waals surface area contributed by atoms with E-state index in [0.717, 1.165) is 38.2 Å². The van der Waals surface area contributed by atoms with E-state index in [-0.39, 0.29) is 41.5 Å². The van der Waals surface area contributed by atoms with E-state index in [1.807, 2.05) is 30.3 Å². The molecule has 2 amide bonds. The number of hydrogen-bond acceptors (Lipinski definition) is 11. The maximum absolute atomic E-state index is 15.1. The van der Waals surface area contributed by atoms with Crippen LogP contribution in [0.25, 0.3) is 26.6 Å². The molecule has 0 saturated heterocycles. The quantitative estimate of drug-likeness (QED) is 0.154. The Hall–Kier alpha value is -6.49. The molecule has 0 bridgehead atoms. The van der Waals surface area contributed by atoms with Crippen molar-refractivity contribution in [2.45, 2.75) is 45.9 Å². The highest BCUT2D eigenvalue weighted by atomic mass is 32.1. The lowest BCUT2D eigenvalue weighted by Gasteiger charge is -2.19. The van der Waals surface area contributed by atoms with Crippen LogP contribution in [-0.4, -0.2) is 55.8 Å². The number of benzene rings is 2. The van der Waals surface area contributed by atoms with E-state index in [9.17, 15) is 19.2 Å². The first-order valence-corrected chi connectivity index (χ1v) is 17.7. The van der Waals surface area contributed by atoms with Crippen molar-refractivity contribution in [3.63, 3.8) is 0 Å². The van der Waals surface area contributed by atoms with Crippen LogP contribution in [0.5, 0.6) is 5.88 Å². The summed E-state index contributed by atoms with van der Waals surface area (Å²) in [6.07, 6.45) is -0.0605. The number of methoxy groups -OCH3 is 1. The fourth-order valence-electron chi connectivity index (χ4n) is 5.53. The molecule has 6 rings (SSSR count). The summed E-state index contributed by atoms with van der Waals surface area (Å²) < 4.78 is 47.9. The predicted octanol–water partition coefficient (Wildman–Crippen LogP) is 6.22. The van der Waals surface area contributed by atoms with Crippen LogP contribution in [0.1, 0.15) is 37.5 Å². The largest absolute Gasteiger partial charge is 0.480 e. The third-order valence-corrected chi connectivity index (χ3v) is 9.30. The van der Waals surface area contributed by atoms with Crippen LogP contribution in [0.4, 0.5) is 24.1 Å². The number of aromatic nitrogens is 5. The Morgan fingerprint density at radius 3 is 2.27 bits per heavy atom. The highest BCUT2D eigenvalue weighted by molar-refractivity contribution is 7.22. The summed E-state index contributed by atoms with van der Waals surface area (Å²) in [4.78, 5) is 58.8. The number of carbonyl (C=O) groups is 2. The van der Waals surface area contributed by atoms with Gasteiger partial charge in [-0.15, -0.1) is 21.5 Å². The normalized spacial score (nSPS) is 11.3.